The van der Waals surface area contributed by atoms with Gasteiger partial charge in [0, 0.05) is 0 Å². The van der Waals surface area contributed by atoms with Gasteiger partial charge < -0.3 is 0 Å². The molecule has 0 radical (unpaired) electrons. The molecular weight excluding hydrogens is 641 g/mol. The van der Waals surface area contributed by atoms with Gasteiger partial charge in [0.25, 0.3) is 0 Å². The molecule has 0 nitrogen and oxygen atoms in total. The van der Waals surface area contributed by atoms with Gasteiger partial charge in [-0.25, -0.2) is 0 Å². The fourth-order valence-corrected chi connectivity index (χ4v) is 10.5. The number of hydrogen-bond donors (Lipinski definition) is 0. The standard InChI is InChI=1S/2C12H27P.2C4H5.Pt/c2*1-4-7-10-13(11-8-5-2)12-9-6-3;2*1-3-4-2;/h2*4-12H2,1-3H3;2*1,3-4H,2H2;. The van der Waals surface area contributed by atoms with Gasteiger partial charge in [-0.3, -0.25) is 0 Å². The van der Waals surface area contributed by atoms with E-state index >= 15 is 0 Å². The molecule has 0 aromatic carbocycles. The van der Waals surface area contributed by atoms with Crippen LogP contribution in [0.1, 0.15) is 119 Å². The van der Waals surface area contributed by atoms with E-state index in [0.717, 1.165) is 0 Å². The second-order valence-corrected chi connectivity index (χ2v) is 16.6. The molecular formula is C32H64P2Pt. The first-order chi connectivity index (χ1) is 17.1. The predicted octanol–water partition coefficient (Wildman–Crippen LogP) is 12.2. The summed E-state index contributed by atoms with van der Waals surface area (Å²) < 4.78 is 4.29. The van der Waals surface area contributed by atoms with E-state index in [-0.39, 0.29) is 18.6 Å². The Morgan fingerprint density at radius 1 is 0.457 bits per heavy atom. The molecule has 0 aliphatic rings. The second kappa shape index (κ2) is 39.0. The van der Waals surface area contributed by atoms with E-state index in [0.29, 0.717) is 15.8 Å². The maximum absolute atomic E-state index is 3.57. The van der Waals surface area contributed by atoms with Crippen LogP contribution in [0.2, 0.25) is 0 Å². The van der Waals surface area contributed by atoms with Crippen LogP contribution in [-0.4, -0.2) is 37.0 Å². The summed E-state index contributed by atoms with van der Waals surface area (Å²) in [6, 6.07) is 0. The molecule has 0 unspecified atom stereocenters. The fourth-order valence-electron chi connectivity index (χ4n) is 3.15. The Kier molecular flexibility index (Phi) is 44.6. The molecule has 0 saturated heterocycles. The SMILES string of the molecule is C=CC=[CH][Pt]/[CH]=C/C=C.CCCCP(CCCC)CCCC.CCCCP(CCCC)CCCC. The molecule has 3 heteroatoms. The number of rotatable bonds is 22. The van der Waals surface area contributed by atoms with Crippen LogP contribution in [0.4, 0.5) is 0 Å². The molecule has 0 rings (SSSR count). The molecule has 0 saturated carbocycles. The summed E-state index contributed by atoms with van der Waals surface area (Å²) in [4.78, 5) is 0. The zero-order valence-electron chi connectivity index (χ0n) is 24.8. The van der Waals surface area contributed by atoms with Crippen molar-refractivity contribution in [3.8, 4) is 0 Å². The van der Waals surface area contributed by atoms with Crippen molar-refractivity contribution in [1.29, 1.82) is 0 Å². The Hall–Kier alpha value is 0.508. The topological polar surface area (TPSA) is 0 Å². The third-order valence-electron chi connectivity index (χ3n) is 5.48. The van der Waals surface area contributed by atoms with Crippen LogP contribution in [0.5, 0.6) is 0 Å². The van der Waals surface area contributed by atoms with Gasteiger partial charge in [-0.2, -0.15) is 0 Å². The zero-order chi connectivity index (χ0) is 26.8. The maximum Gasteiger partial charge on any atom is -0.0326 e. The van der Waals surface area contributed by atoms with Gasteiger partial charge in [0.1, 0.15) is 0 Å². The largest absolute Gasteiger partial charge is 0.107 e. The van der Waals surface area contributed by atoms with Crippen LogP contribution in [0, 0.1) is 0 Å². The summed E-state index contributed by atoms with van der Waals surface area (Å²) >= 11 is 0.0998. The first-order valence-electron chi connectivity index (χ1n) is 14.7. The Bertz CT molecular complexity index is 367. The molecule has 212 valence electrons. The van der Waals surface area contributed by atoms with Crippen LogP contribution in [-0.2, 0) is 18.6 Å². The van der Waals surface area contributed by atoms with Crippen LogP contribution in [0.15, 0.2) is 46.4 Å². The minimum atomic E-state index is 0.0998. The smallest absolute Gasteiger partial charge is 0.0326 e. The van der Waals surface area contributed by atoms with Gasteiger partial charge in [0.05, 0.1) is 0 Å². The Morgan fingerprint density at radius 3 is 0.857 bits per heavy atom. The third-order valence-corrected chi connectivity index (χ3v) is 12.9. The van der Waals surface area contributed by atoms with Crippen molar-refractivity contribution < 1.29 is 18.6 Å². The maximum atomic E-state index is 3.57. The van der Waals surface area contributed by atoms with E-state index in [1.807, 2.05) is 12.2 Å². The van der Waals surface area contributed by atoms with Crippen LogP contribution in [0.25, 0.3) is 0 Å². The molecule has 0 aromatic rings. The van der Waals surface area contributed by atoms with Crippen LogP contribution >= 0.6 is 15.8 Å². The monoisotopic (exact) mass is 705 g/mol. The molecule has 0 spiro atoms. The summed E-state index contributed by atoms with van der Waals surface area (Å²) in [6.45, 7) is 21.0. The second-order valence-electron chi connectivity index (χ2n) is 8.98. The Balaban J connectivity index is -0.000000448. The summed E-state index contributed by atoms with van der Waals surface area (Å²) in [5.41, 5.74) is 0. The summed E-state index contributed by atoms with van der Waals surface area (Å²) in [7, 11) is 0.843. The number of hydrogen-bond acceptors (Lipinski definition) is 0. The van der Waals surface area contributed by atoms with Crippen molar-refractivity contribution >= 4 is 15.8 Å². The van der Waals surface area contributed by atoms with Gasteiger partial charge in [0.2, 0.25) is 0 Å². The van der Waals surface area contributed by atoms with Gasteiger partial charge >= 0.3 is 65.0 Å². The van der Waals surface area contributed by atoms with Crippen molar-refractivity contribution in [2.75, 3.05) is 37.0 Å². The third kappa shape index (κ3) is 39.2. The molecule has 0 aromatic heterocycles. The van der Waals surface area contributed by atoms with E-state index in [1.54, 1.807) is 49.1 Å². The van der Waals surface area contributed by atoms with E-state index in [1.165, 1.54) is 77.0 Å². The zero-order valence-corrected chi connectivity index (χ0v) is 28.9. The van der Waals surface area contributed by atoms with Crippen molar-refractivity contribution in [2.24, 2.45) is 0 Å². The Labute approximate surface area is 235 Å². The van der Waals surface area contributed by atoms with E-state index in [2.05, 4.69) is 63.6 Å². The van der Waals surface area contributed by atoms with Crippen molar-refractivity contribution in [1.82, 2.24) is 0 Å². The van der Waals surface area contributed by atoms with Crippen molar-refractivity contribution in [3.05, 3.63) is 46.4 Å². The minimum Gasteiger partial charge on any atom is -0.107 e. The predicted molar refractivity (Wildman–Crippen MR) is 171 cm³/mol. The molecule has 0 aliphatic carbocycles. The van der Waals surface area contributed by atoms with Gasteiger partial charge in [0.15, 0.2) is 0 Å². The molecule has 35 heavy (non-hydrogen) atoms. The molecule has 0 aliphatic heterocycles. The van der Waals surface area contributed by atoms with E-state index in [9.17, 15) is 0 Å². The molecule has 0 N–H and O–H groups in total. The molecule has 0 fully saturated rings. The molecule has 0 heterocycles. The summed E-state index contributed by atoms with van der Waals surface area (Å²) in [6.07, 6.45) is 34.0. The molecule has 0 bridgehead atoms. The minimum absolute atomic E-state index is 0.0998. The van der Waals surface area contributed by atoms with Gasteiger partial charge in [-0.05, 0) is 75.5 Å². The van der Waals surface area contributed by atoms with Crippen LogP contribution in [0.3, 0.4) is 0 Å². The van der Waals surface area contributed by atoms with Crippen LogP contribution < -0.4 is 0 Å². The molecule has 0 atom stereocenters. The molecule has 0 amide bonds. The van der Waals surface area contributed by atoms with E-state index < -0.39 is 0 Å². The summed E-state index contributed by atoms with van der Waals surface area (Å²) in [5.74, 6) is 0. The fraction of sp³-hybridized carbons (Fsp3) is 0.750. The van der Waals surface area contributed by atoms with Crippen molar-refractivity contribution in [2.45, 2.75) is 119 Å². The number of allylic oxidation sites excluding steroid dienone is 4. The van der Waals surface area contributed by atoms with E-state index in [4.69, 9.17) is 0 Å². The quantitative estimate of drug-likeness (QED) is 0.0777. The number of unbranched alkanes of at least 4 members (excludes halogenated alkanes) is 6. The van der Waals surface area contributed by atoms with Gasteiger partial charge in [-0.1, -0.05) is 80.1 Å². The van der Waals surface area contributed by atoms with Crippen molar-refractivity contribution in [3.63, 3.8) is 0 Å². The summed E-state index contributed by atoms with van der Waals surface area (Å²) in [5, 5.41) is 0. The normalized spacial score (nSPS) is 11.1. The average Bonchev–Trinajstić information content (AvgIpc) is 2.88. The first-order valence-corrected chi connectivity index (χ1v) is 21.1. The Morgan fingerprint density at radius 2 is 0.686 bits per heavy atom. The average molecular weight is 706 g/mol. The van der Waals surface area contributed by atoms with Gasteiger partial charge in [-0.15, -0.1) is 15.8 Å². The first kappa shape index (κ1) is 40.0.